The maximum Gasteiger partial charge on any atom is 0.257 e. The third-order valence-corrected chi connectivity index (χ3v) is 7.53. The monoisotopic (exact) mass is 497 g/mol. The molecule has 5 rings (SSSR count). The lowest BCUT2D eigenvalue weighted by Gasteiger charge is -2.39. The summed E-state index contributed by atoms with van der Waals surface area (Å²) in [5, 5.41) is 2.90. The molecule has 2 aromatic carbocycles. The Balaban J connectivity index is 1.30. The van der Waals surface area contributed by atoms with Gasteiger partial charge in [0.05, 0.1) is 6.04 Å². The van der Waals surface area contributed by atoms with E-state index < -0.39 is 0 Å². The van der Waals surface area contributed by atoms with E-state index in [4.69, 9.17) is 4.74 Å². The molecule has 2 heterocycles. The number of rotatable bonds is 8. The molecule has 1 aliphatic carbocycles. The van der Waals surface area contributed by atoms with Crippen molar-refractivity contribution in [1.82, 2.24) is 15.2 Å². The Bertz CT molecular complexity index is 1220. The van der Waals surface area contributed by atoms with Crippen molar-refractivity contribution in [2.45, 2.75) is 51.5 Å². The van der Waals surface area contributed by atoms with Crippen LogP contribution in [0.25, 0.3) is 0 Å². The Morgan fingerprint density at radius 2 is 1.86 bits per heavy atom. The molecule has 192 valence electrons. The van der Waals surface area contributed by atoms with E-state index in [1.165, 1.54) is 11.1 Å². The van der Waals surface area contributed by atoms with E-state index in [0.717, 1.165) is 55.5 Å². The van der Waals surface area contributed by atoms with Gasteiger partial charge in [-0.05, 0) is 67.1 Å². The van der Waals surface area contributed by atoms with Crippen LogP contribution in [0.4, 0.5) is 0 Å². The smallest absolute Gasteiger partial charge is 0.257 e. The highest BCUT2D eigenvalue weighted by atomic mass is 16.5. The van der Waals surface area contributed by atoms with E-state index in [0.29, 0.717) is 18.7 Å². The molecule has 3 aromatic rings. The van der Waals surface area contributed by atoms with E-state index >= 15 is 0 Å². The van der Waals surface area contributed by atoms with Crippen LogP contribution in [-0.4, -0.2) is 41.4 Å². The van der Waals surface area contributed by atoms with Crippen molar-refractivity contribution in [3.05, 3.63) is 94.8 Å². The number of amides is 2. The second-order valence-electron chi connectivity index (χ2n) is 10.1. The van der Waals surface area contributed by atoms with Gasteiger partial charge in [-0.1, -0.05) is 54.8 Å². The van der Waals surface area contributed by atoms with Crippen molar-refractivity contribution in [1.29, 1.82) is 0 Å². The fraction of sp³-hybridized carbons (Fsp3) is 0.387. The Kier molecular flexibility index (Phi) is 7.83. The Hall–Kier alpha value is -3.67. The first-order valence-corrected chi connectivity index (χ1v) is 13.4. The largest absolute Gasteiger partial charge is 0.484 e. The Morgan fingerprint density at radius 3 is 2.62 bits per heavy atom. The molecule has 0 radical (unpaired) electrons. The number of benzene rings is 2. The van der Waals surface area contributed by atoms with Crippen molar-refractivity contribution in [3.63, 3.8) is 0 Å². The summed E-state index contributed by atoms with van der Waals surface area (Å²) < 4.78 is 5.90. The number of aromatic nitrogens is 1. The third kappa shape index (κ3) is 6.01. The summed E-state index contributed by atoms with van der Waals surface area (Å²) in [5.41, 5.74) is 5.57. The number of aryl methyl sites for hydroxylation is 1. The molecule has 1 aliphatic heterocycles. The number of nitrogens with zero attached hydrogens (tertiary/aromatic N) is 2. The van der Waals surface area contributed by atoms with Crippen molar-refractivity contribution in [2.24, 2.45) is 5.92 Å². The number of fused-ring (bicyclic) bond motifs is 1. The summed E-state index contributed by atoms with van der Waals surface area (Å²) in [7, 11) is 0. The van der Waals surface area contributed by atoms with Gasteiger partial charge in [0, 0.05) is 37.3 Å². The van der Waals surface area contributed by atoms with E-state index in [-0.39, 0.29) is 30.4 Å². The lowest BCUT2D eigenvalue weighted by molar-refractivity contribution is -0.137. The highest BCUT2D eigenvalue weighted by molar-refractivity contribution is 5.80. The number of carbonyl (C=O) groups excluding carboxylic acids is 2. The number of ether oxygens (including phenoxy) is 1. The molecule has 0 bridgehead atoms. The van der Waals surface area contributed by atoms with Gasteiger partial charge in [-0.3, -0.25) is 14.6 Å². The van der Waals surface area contributed by atoms with Gasteiger partial charge < -0.3 is 15.0 Å². The van der Waals surface area contributed by atoms with Crippen LogP contribution in [0.15, 0.2) is 66.9 Å². The first kappa shape index (κ1) is 25.0. The molecule has 1 N–H and O–H groups in total. The number of carbonyl (C=O) groups is 2. The van der Waals surface area contributed by atoms with Crippen LogP contribution in [0.5, 0.6) is 5.75 Å². The molecule has 2 amide bonds. The fourth-order valence-electron chi connectivity index (χ4n) is 5.51. The molecular weight excluding hydrogens is 462 g/mol. The molecule has 0 spiro atoms. The quantitative estimate of drug-likeness (QED) is 0.486. The predicted octanol–water partition coefficient (Wildman–Crippen LogP) is 4.79. The molecule has 1 atom stereocenters. The lowest BCUT2D eigenvalue weighted by Crippen LogP contribution is -2.43. The van der Waals surface area contributed by atoms with Gasteiger partial charge in [0.2, 0.25) is 5.91 Å². The first-order valence-electron chi connectivity index (χ1n) is 13.4. The molecule has 1 fully saturated rings. The SMILES string of the molecule is Cc1ccc([C@H]2c3cc(OCC(=O)NCCc4ccccn4)ccc3CCN2C(=O)C2CCCC2)cc1. The van der Waals surface area contributed by atoms with E-state index in [1.807, 2.05) is 30.3 Å². The van der Waals surface area contributed by atoms with Gasteiger partial charge in [0.1, 0.15) is 5.75 Å². The molecule has 6 nitrogen and oxygen atoms in total. The molecule has 0 unspecified atom stereocenters. The predicted molar refractivity (Wildman–Crippen MR) is 143 cm³/mol. The van der Waals surface area contributed by atoms with Crippen LogP contribution in [0.2, 0.25) is 0 Å². The van der Waals surface area contributed by atoms with Gasteiger partial charge >= 0.3 is 0 Å². The van der Waals surface area contributed by atoms with E-state index in [2.05, 4.69) is 52.5 Å². The fourth-order valence-corrected chi connectivity index (χ4v) is 5.51. The summed E-state index contributed by atoms with van der Waals surface area (Å²) in [6, 6.07) is 20.1. The van der Waals surface area contributed by atoms with Gasteiger partial charge in [-0.2, -0.15) is 0 Å². The summed E-state index contributed by atoms with van der Waals surface area (Å²) in [6.07, 6.45) is 7.50. The molecule has 0 saturated heterocycles. The van der Waals surface area contributed by atoms with Crippen LogP contribution >= 0.6 is 0 Å². The molecule has 6 heteroatoms. The number of pyridine rings is 1. The Morgan fingerprint density at radius 1 is 1.05 bits per heavy atom. The van der Waals surface area contributed by atoms with Crippen LogP contribution in [0.1, 0.15) is 59.7 Å². The summed E-state index contributed by atoms with van der Waals surface area (Å²) >= 11 is 0. The second-order valence-corrected chi connectivity index (χ2v) is 10.1. The zero-order valence-corrected chi connectivity index (χ0v) is 21.5. The number of hydrogen-bond acceptors (Lipinski definition) is 4. The molecule has 2 aliphatic rings. The zero-order valence-electron chi connectivity index (χ0n) is 21.5. The van der Waals surface area contributed by atoms with Crippen LogP contribution in [-0.2, 0) is 22.4 Å². The maximum absolute atomic E-state index is 13.6. The first-order chi connectivity index (χ1) is 18.1. The summed E-state index contributed by atoms with van der Waals surface area (Å²) in [5.74, 6) is 0.878. The molecule has 37 heavy (non-hydrogen) atoms. The highest BCUT2D eigenvalue weighted by Gasteiger charge is 2.36. The summed E-state index contributed by atoms with van der Waals surface area (Å²) in [6.45, 7) is 3.26. The molecule has 1 saturated carbocycles. The van der Waals surface area contributed by atoms with Crippen molar-refractivity contribution in [2.75, 3.05) is 19.7 Å². The van der Waals surface area contributed by atoms with Crippen LogP contribution in [0, 0.1) is 12.8 Å². The van der Waals surface area contributed by atoms with Crippen molar-refractivity contribution >= 4 is 11.8 Å². The second kappa shape index (κ2) is 11.6. The van der Waals surface area contributed by atoms with E-state index in [9.17, 15) is 9.59 Å². The zero-order chi connectivity index (χ0) is 25.6. The summed E-state index contributed by atoms with van der Waals surface area (Å²) in [4.78, 5) is 32.4. The number of nitrogens with one attached hydrogen (secondary N) is 1. The molecule has 1 aromatic heterocycles. The van der Waals surface area contributed by atoms with Crippen LogP contribution < -0.4 is 10.1 Å². The van der Waals surface area contributed by atoms with Crippen LogP contribution in [0.3, 0.4) is 0 Å². The minimum absolute atomic E-state index is 0.0546. The van der Waals surface area contributed by atoms with Gasteiger partial charge in [-0.15, -0.1) is 0 Å². The van der Waals surface area contributed by atoms with Gasteiger partial charge in [0.25, 0.3) is 5.91 Å². The minimum atomic E-state index is -0.165. The topological polar surface area (TPSA) is 71.5 Å². The Labute approximate surface area is 219 Å². The van der Waals surface area contributed by atoms with E-state index in [1.54, 1.807) is 6.20 Å². The lowest BCUT2D eigenvalue weighted by atomic mass is 9.86. The maximum atomic E-state index is 13.6. The normalized spacial score (nSPS) is 17.3. The molecular formula is C31H35N3O3. The van der Waals surface area contributed by atoms with Crippen molar-refractivity contribution in [3.8, 4) is 5.75 Å². The van der Waals surface area contributed by atoms with Crippen molar-refractivity contribution < 1.29 is 14.3 Å². The number of hydrogen-bond donors (Lipinski definition) is 1. The standard InChI is InChI=1S/C31H35N3O3/c1-22-9-11-24(12-10-22)30-28-20-27(37-21-29(35)33-18-15-26-8-4-5-17-32-26)14-13-23(28)16-19-34(30)31(36)25-6-2-3-7-25/h4-5,8-14,17,20,25,30H,2-3,6-7,15-16,18-19,21H2,1H3,(H,33,35)/t30-/m0/s1. The van der Waals surface area contributed by atoms with Gasteiger partial charge in [-0.25, -0.2) is 0 Å². The van der Waals surface area contributed by atoms with Gasteiger partial charge in [0.15, 0.2) is 6.61 Å². The average Bonchev–Trinajstić information content (AvgIpc) is 3.47. The minimum Gasteiger partial charge on any atom is -0.484 e. The highest BCUT2D eigenvalue weighted by Crippen LogP contribution is 2.39. The third-order valence-electron chi connectivity index (χ3n) is 7.53. The average molecular weight is 498 g/mol.